The van der Waals surface area contributed by atoms with Crippen LogP contribution in [0.1, 0.15) is 11.1 Å². The third-order valence-corrected chi connectivity index (χ3v) is 2.46. The summed E-state index contributed by atoms with van der Waals surface area (Å²) in [5.41, 5.74) is 8.01. The molecule has 0 aliphatic carbocycles. The van der Waals surface area contributed by atoms with Crippen LogP contribution < -0.4 is 5.73 Å². The predicted molar refractivity (Wildman–Crippen MR) is 67.6 cm³/mol. The second-order valence-corrected chi connectivity index (χ2v) is 4.10. The molecule has 5 heteroatoms. The highest BCUT2D eigenvalue weighted by atomic mass is 16.5. The highest BCUT2D eigenvalue weighted by molar-refractivity contribution is 5.73. The number of nitrogens with zero attached hydrogens (tertiary/aromatic N) is 2. The maximum atomic E-state index is 11.6. The number of benzene rings is 1. The number of aromatic nitrogens is 2. The van der Waals surface area contributed by atoms with E-state index < -0.39 is 0 Å². The zero-order chi connectivity index (χ0) is 13.0. The monoisotopic (exact) mass is 245 g/mol. The molecule has 0 saturated heterocycles. The first kappa shape index (κ1) is 12.2. The van der Waals surface area contributed by atoms with E-state index in [1.54, 1.807) is 23.0 Å². The van der Waals surface area contributed by atoms with Crippen molar-refractivity contribution in [2.75, 3.05) is 5.73 Å². The molecule has 0 spiro atoms. The fourth-order valence-corrected chi connectivity index (χ4v) is 1.63. The van der Waals surface area contributed by atoms with Crippen molar-refractivity contribution in [1.29, 1.82) is 0 Å². The Hall–Kier alpha value is -2.30. The van der Waals surface area contributed by atoms with Crippen LogP contribution >= 0.6 is 0 Å². The molecule has 1 heterocycles. The Morgan fingerprint density at radius 2 is 2.28 bits per heavy atom. The van der Waals surface area contributed by atoms with Crippen LogP contribution in [0.4, 0.5) is 5.69 Å². The van der Waals surface area contributed by atoms with Crippen molar-refractivity contribution in [1.82, 2.24) is 9.78 Å². The zero-order valence-corrected chi connectivity index (χ0v) is 10.2. The van der Waals surface area contributed by atoms with Crippen LogP contribution in [0.2, 0.25) is 0 Å². The molecule has 1 aromatic heterocycles. The fraction of sp³-hybridized carbons (Fsp3) is 0.231. The Bertz CT molecular complexity index is 549. The number of anilines is 1. The van der Waals surface area contributed by atoms with Gasteiger partial charge in [0.15, 0.2) is 0 Å². The molecule has 0 aliphatic heterocycles. The van der Waals surface area contributed by atoms with Gasteiger partial charge in [0.1, 0.15) is 6.61 Å². The molecule has 2 aromatic rings. The minimum atomic E-state index is -0.274. The Morgan fingerprint density at radius 3 is 2.94 bits per heavy atom. The highest BCUT2D eigenvalue weighted by Gasteiger charge is 2.06. The summed E-state index contributed by atoms with van der Waals surface area (Å²) in [6, 6.07) is 7.22. The van der Waals surface area contributed by atoms with E-state index in [2.05, 4.69) is 5.10 Å². The van der Waals surface area contributed by atoms with Crippen LogP contribution in [0.3, 0.4) is 0 Å². The summed E-state index contributed by atoms with van der Waals surface area (Å²) in [6.45, 7) is 0.245. The summed E-state index contributed by atoms with van der Waals surface area (Å²) in [4.78, 5) is 11.6. The summed E-state index contributed by atoms with van der Waals surface area (Å²) in [5, 5.41) is 4.00. The molecule has 0 unspecified atom stereocenters. The summed E-state index contributed by atoms with van der Waals surface area (Å²) < 4.78 is 6.82. The number of nitrogens with two attached hydrogens (primary N) is 1. The van der Waals surface area contributed by atoms with E-state index in [1.807, 2.05) is 25.4 Å². The van der Waals surface area contributed by atoms with Gasteiger partial charge in [-0.05, 0) is 17.7 Å². The Morgan fingerprint density at radius 1 is 1.44 bits per heavy atom. The minimum absolute atomic E-state index is 0.227. The van der Waals surface area contributed by atoms with E-state index in [0.29, 0.717) is 5.69 Å². The van der Waals surface area contributed by atoms with Gasteiger partial charge in [0.05, 0.1) is 12.6 Å². The Labute approximate surface area is 105 Å². The number of rotatable bonds is 4. The summed E-state index contributed by atoms with van der Waals surface area (Å²) >= 11 is 0. The van der Waals surface area contributed by atoms with Crippen LogP contribution in [0.5, 0.6) is 0 Å². The Balaban J connectivity index is 1.85. The van der Waals surface area contributed by atoms with E-state index in [0.717, 1.165) is 11.1 Å². The zero-order valence-electron chi connectivity index (χ0n) is 10.2. The van der Waals surface area contributed by atoms with Crippen LogP contribution in [-0.4, -0.2) is 15.7 Å². The van der Waals surface area contributed by atoms with Crippen molar-refractivity contribution >= 4 is 11.7 Å². The molecule has 0 amide bonds. The second-order valence-electron chi connectivity index (χ2n) is 4.10. The molecular formula is C13H15N3O2. The van der Waals surface area contributed by atoms with Gasteiger partial charge in [-0.15, -0.1) is 0 Å². The van der Waals surface area contributed by atoms with Gasteiger partial charge in [-0.25, -0.2) is 0 Å². The van der Waals surface area contributed by atoms with Crippen LogP contribution in [0.15, 0.2) is 36.7 Å². The van der Waals surface area contributed by atoms with Gasteiger partial charge >= 0.3 is 5.97 Å². The SMILES string of the molecule is Cn1cc(COC(=O)Cc2cccc(N)c2)cn1. The second kappa shape index (κ2) is 5.35. The normalized spacial score (nSPS) is 10.3. The van der Waals surface area contributed by atoms with E-state index in [1.165, 1.54) is 0 Å². The number of carbonyl (C=O) groups is 1. The summed E-state index contributed by atoms with van der Waals surface area (Å²) in [6.07, 6.45) is 3.72. The lowest BCUT2D eigenvalue weighted by Crippen LogP contribution is -2.08. The number of hydrogen-bond donors (Lipinski definition) is 1. The standard InChI is InChI=1S/C13H15N3O2/c1-16-8-11(7-15-16)9-18-13(17)6-10-3-2-4-12(14)5-10/h2-5,7-8H,6,9,14H2,1H3. The Kier molecular flexibility index (Phi) is 3.62. The van der Waals surface area contributed by atoms with Crippen molar-refractivity contribution in [3.63, 3.8) is 0 Å². The van der Waals surface area contributed by atoms with Crippen molar-refractivity contribution in [3.05, 3.63) is 47.8 Å². The van der Waals surface area contributed by atoms with Gasteiger partial charge in [0.25, 0.3) is 0 Å². The smallest absolute Gasteiger partial charge is 0.310 e. The molecular weight excluding hydrogens is 230 g/mol. The molecule has 2 rings (SSSR count). The van der Waals surface area contributed by atoms with Gasteiger partial charge in [0, 0.05) is 24.5 Å². The van der Waals surface area contributed by atoms with E-state index >= 15 is 0 Å². The lowest BCUT2D eigenvalue weighted by Gasteiger charge is -2.04. The number of nitrogen functional groups attached to an aromatic ring is 1. The first-order chi connectivity index (χ1) is 8.63. The quantitative estimate of drug-likeness (QED) is 0.651. The summed E-state index contributed by atoms with van der Waals surface area (Å²) in [7, 11) is 1.82. The van der Waals surface area contributed by atoms with Crippen molar-refractivity contribution in [2.24, 2.45) is 7.05 Å². The van der Waals surface area contributed by atoms with Crippen molar-refractivity contribution in [3.8, 4) is 0 Å². The summed E-state index contributed by atoms with van der Waals surface area (Å²) in [5.74, 6) is -0.274. The lowest BCUT2D eigenvalue weighted by atomic mass is 10.1. The average Bonchev–Trinajstić information content (AvgIpc) is 2.73. The number of aryl methyl sites for hydroxylation is 1. The molecule has 1 aromatic carbocycles. The average molecular weight is 245 g/mol. The molecule has 0 fully saturated rings. The number of esters is 1. The molecule has 0 saturated carbocycles. The van der Waals surface area contributed by atoms with Gasteiger partial charge in [-0.2, -0.15) is 5.10 Å². The van der Waals surface area contributed by atoms with Gasteiger partial charge in [-0.3, -0.25) is 9.48 Å². The van der Waals surface area contributed by atoms with E-state index in [9.17, 15) is 4.79 Å². The molecule has 0 bridgehead atoms. The number of carbonyl (C=O) groups excluding carboxylic acids is 1. The van der Waals surface area contributed by atoms with Crippen LogP contribution in [0, 0.1) is 0 Å². The molecule has 0 aliphatic rings. The van der Waals surface area contributed by atoms with Crippen LogP contribution in [-0.2, 0) is 29.6 Å². The highest BCUT2D eigenvalue weighted by Crippen LogP contribution is 2.08. The molecule has 0 radical (unpaired) electrons. The largest absolute Gasteiger partial charge is 0.460 e. The predicted octanol–water partition coefficient (Wildman–Crippen LogP) is 1.29. The van der Waals surface area contributed by atoms with Crippen molar-refractivity contribution < 1.29 is 9.53 Å². The first-order valence-electron chi connectivity index (χ1n) is 5.61. The maximum Gasteiger partial charge on any atom is 0.310 e. The number of hydrogen-bond acceptors (Lipinski definition) is 4. The third kappa shape index (κ3) is 3.35. The molecule has 5 nitrogen and oxygen atoms in total. The first-order valence-corrected chi connectivity index (χ1v) is 5.61. The van der Waals surface area contributed by atoms with Gasteiger partial charge in [0.2, 0.25) is 0 Å². The van der Waals surface area contributed by atoms with Gasteiger partial charge < -0.3 is 10.5 Å². The molecule has 0 atom stereocenters. The fourth-order valence-electron chi connectivity index (χ4n) is 1.63. The van der Waals surface area contributed by atoms with E-state index in [4.69, 9.17) is 10.5 Å². The van der Waals surface area contributed by atoms with Gasteiger partial charge in [-0.1, -0.05) is 12.1 Å². The maximum absolute atomic E-state index is 11.6. The molecule has 2 N–H and O–H groups in total. The topological polar surface area (TPSA) is 70.1 Å². The van der Waals surface area contributed by atoms with Crippen LogP contribution in [0.25, 0.3) is 0 Å². The minimum Gasteiger partial charge on any atom is -0.460 e. The van der Waals surface area contributed by atoms with E-state index in [-0.39, 0.29) is 19.0 Å². The molecule has 94 valence electrons. The lowest BCUT2D eigenvalue weighted by molar-refractivity contribution is -0.144. The van der Waals surface area contributed by atoms with Crippen molar-refractivity contribution in [2.45, 2.75) is 13.0 Å². The third-order valence-electron chi connectivity index (χ3n) is 2.46. The number of ether oxygens (including phenoxy) is 1. The molecule has 18 heavy (non-hydrogen) atoms.